The predicted molar refractivity (Wildman–Crippen MR) is 128 cm³/mol. The Morgan fingerprint density at radius 1 is 1.00 bits per heavy atom. The lowest BCUT2D eigenvalue weighted by Gasteiger charge is -2.22. The number of rotatable bonds is 11. The molecule has 1 saturated carbocycles. The molecule has 0 heterocycles. The van der Waals surface area contributed by atoms with E-state index in [0.29, 0.717) is 25.2 Å². The van der Waals surface area contributed by atoms with Crippen LogP contribution in [0.2, 0.25) is 0 Å². The molecule has 0 aliphatic heterocycles. The van der Waals surface area contributed by atoms with Crippen LogP contribution in [0.1, 0.15) is 62.5 Å². The summed E-state index contributed by atoms with van der Waals surface area (Å²) in [4.78, 5) is 36.2. The Balaban J connectivity index is 1.34. The Labute approximate surface area is 199 Å². The minimum Gasteiger partial charge on any atom is -0.481 e. The van der Waals surface area contributed by atoms with Gasteiger partial charge in [-0.25, -0.2) is 4.79 Å². The molecule has 2 amide bonds. The van der Waals surface area contributed by atoms with E-state index in [4.69, 9.17) is 9.84 Å². The number of fused-ring (bicyclic) bond motifs is 3. The minimum absolute atomic E-state index is 0.0388. The van der Waals surface area contributed by atoms with E-state index in [0.717, 1.165) is 35.1 Å². The van der Waals surface area contributed by atoms with Crippen LogP contribution >= 0.6 is 0 Å². The molecule has 0 radical (unpaired) electrons. The molecule has 0 saturated heterocycles. The van der Waals surface area contributed by atoms with Crippen LogP contribution in [0.15, 0.2) is 48.5 Å². The monoisotopic (exact) mass is 464 g/mol. The van der Waals surface area contributed by atoms with Crippen molar-refractivity contribution in [3.05, 3.63) is 59.7 Å². The van der Waals surface area contributed by atoms with Crippen molar-refractivity contribution in [3.8, 4) is 11.1 Å². The van der Waals surface area contributed by atoms with Gasteiger partial charge < -0.3 is 20.5 Å². The summed E-state index contributed by atoms with van der Waals surface area (Å²) in [5, 5.41) is 14.5. The fraction of sp³-hybridized carbons (Fsp3) is 0.444. The Morgan fingerprint density at radius 2 is 1.62 bits per heavy atom. The van der Waals surface area contributed by atoms with Crippen LogP contribution in [0, 0.1) is 5.92 Å². The number of hydrogen-bond donors (Lipinski definition) is 3. The van der Waals surface area contributed by atoms with Gasteiger partial charge in [-0.1, -0.05) is 61.4 Å². The van der Waals surface area contributed by atoms with E-state index in [1.54, 1.807) is 0 Å². The quantitative estimate of drug-likeness (QED) is 0.456. The number of amides is 2. The van der Waals surface area contributed by atoms with Gasteiger partial charge in [0.25, 0.3) is 0 Å². The number of hydrogen-bond acceptors (Lipinski definition) is 4. The number of carboxylic acid groups (broad SMARTS) is 1. The van der Waals surface area contributed by atoms with Gasteiger partial charge in [0.05, 0.1) is 0 Å². The molecule has 3 N–H and O–H groups in total. The van der Waals surface area contributed by atoms with Crippen LogP contribution in [-0.2, 0) is 14.3 Å². The fourth-order valence-electron chi connectivity index (χ4n) is 4.68. The van der Waals surface area contributed by atoms with Crippen LogP contribution in [0.5, 0.6) is 0 Å². The van der Waals surface area contributed by atoms with Gasteiger partial charge in [0, 0.05) is 18.4 Å². The molecule has 2 aliphatic rings. The molecule has 1 fully saturated rings. The standard InChI is InChI=1S/C27H32N2O5/c1-17(7-6-12-25(30)31)28-26(32)24(15-18-13-14-18)29-27(33)34-16-23-21-10-4-2-8-19(21)20-9-3-5-11-22(20)23/h2-5,8-11,17-18,23-24H,6-7,12-16H2,1H3,(H,28,32)(H,29,33)(H,30,31)/t17?,24-/m0/s1. The molecule has 2 aromatic carbocycles. The van der Waals surface area contributed by atoms with Crippen LogP contribution in [0.4, 0.5) is 4.79 Å². The zero-order chi connectivity index (χ0) is 24.1. The van der Waals surface area contributed by atoms with Crippen molar-refractivity contribution < 1.29 is 24.2 Å². The molecule has 180 valence electrons. The van der Waals surface area contributed by atoms with Crippen LogP contribution in [0.25, 0.3) is 11.1 Å². The highest BCUT2D eigenvalue weighted by atomic mass is 16.5. The first-order chi connectivity index (χ1) is 16.4. The van der Waals surface area contributed by atoms with E-state index >= 15 is 0 Å². The Bertz CT molecular complexity index is 1000. The van der Waals surface area contributed by atoms with Gasteiger partial charge >= 0.3 is 12.1 Å². The number of benzene rings is 2. The first-order valence-corrected chi connectivity index (χ1v) is 12.1. The summed E-state index contributed by atoms with van der Waals surface area (Å²) in [7, 11) is 0. The molecular formula is C27H32N2O5. The van der Waals surface area contributed by atoms with Crippen molar-refractivity contribution in [1.29, 1.82) is 0 Å². The molecule has 7 heteroatoms. The van der Waals surface area contributed by atoms with Gasteiger partial charge in [-0.2, -0.15) is 0 Å². The van der Waals surface area contributed by atoms with Gasteiger partial charge in [0.2, 0.25) is 5.91 Å². The fourth-order valence-corrected chi connectivity index (χ4v) is 4.68. The Kier molecular flexibility index (Phi) is 7.50. The molecule has 34 heavy (non-hydrogen) atoms. The third-order valence-corrected chi connectivity index (χ3v) is 6.63. The van der Waals surface area contributed by atoms with Crippen molar-refractivity contribution in [2.24, 2.45) is 5.92 Å². The molecule has 0 bridgehead atoms. The topological polar surface area (TPSA) is 105 Å². The third-order valence-electron chi connectivity index (χ3n) is 6.63. The second-order valence-electron chi connectivity index (χ2n) is 9.40. The average molecular weight is 465 g/mol. The zero-order valence-electron chi connectivity index (χ0n) is 19.5. The smallest absolute Gasteiger partial charge is 0.407 e. The molecule has 0 spiro atoms. The van der Waals surface area contributed by atoms with Crippen LogP contribution in [-0.4, -0.2) is 41.8 Å². The predicted octanol–water partition coefficient (Wildman–Crippen LogP) is 4.45. The first kappa shape index (κ1) is 23.8. The summed E-state index contributed by atoms with van der Waals surface area (Å²) in [5.74, 6) is -0.694. The second-order valence-corrected chi connectivity index (χ2v) is 9.40. The Hall–Kier alpha value is -3.35. The van der Waals surface area contributed by atoms with Crippen molar-refractivity contribution in [2.75, 3.05) is 6.61 Å². The highest BCUT2D eigenvalue weighted by molar-refractivity contribution is 5.86. The number of carboxylic acids is 1. The van der Waals surface area contributed by atoms with Gasteiger partial charge in [-0.05, 0) is 54.4 Å². The van der Waals surface area contributed by atoms with Gasteiger partial charge in [-0.3, -0.25) is 9.59 Å². The molecule has 1 unspecified atom stereocenters. The van der Waals surface area contributed by atoms with Crippen molar-refractivity contribution in [2.45, 2.75) is 63.5 Å². The number of nitrogens with one attached hydrogen (secondary N) is 2. The molecular weight excluding hydrogens is 432 g/mol. The summed E-state index contributed by atoms with van der Waals surface area (Å²) in [6.07, 6.45) is 3.24. The lowest BCUT2D eigenvalue weighted by atomic mass is 9.98. The largest absolute Gasteiger partial charge is 0.481 e. The third kappa shape index (κ3) is 5.95. The normalized spacial score (nSPS) is 16.1. The zero-order valence-corrected chi connectivity index (χ0v) is 19.5. The van der Waals surface area contributed by atoms with E-state index in [9.17, 15) is 14.4 Å². The highest BCUT2D eigenvalue weighted by Gasteiger charge is 2.32. The van der Waals surface area contributed by atoms with Crippen molar-refractivity contribution >= 4 is 18.0 Å². The summed E-state index contributed by atoms with van der Waals surface area (Å²) >= 11 is 0. The van der Waals surface area contributed by atoms with E-state index in [2.05, 4.69) is 34.9 Å². The van der Waals surface area contributed by atoms with Crippen LogP contribution < -0.4 is 10.6 Å². The number of carbonyl (C=O) groups is 3. The van der Waals surface area contributed by atoms with E-state index < -0.39 is 18.1 Å². The summed E-state index contributed by atoms with van der Waals surface area (Å²) in [6, 6.07) is 15.5. The molecule has 2 aromatic rings. The molecule has 2 atom stereocenters. The second kappa shape index (κ2) is 10.7. The number of aliphatic carboxylic acids is 1. The molecule has 7 nitrogen and oxygen atoms in total. The summed E-state index contributed by atoms with van der Waals surface area (Å²) in [6.45, 7) is 2.05. The lowest BCUT2D eigenvalue weighted by Crippen LogP contribution is -2.49. The van der Waals surface area contributed by atoms with E-state index in [1.165, 1.54) is 0 Å². The number of alkyl carbamates (subject to hydrolysis) is 1. The van der Waals surface area contributed by atoms with Gasteiger partial charge in [-0.15, -0.1) is 0 Å². The van der Waals surface area contributed by atoms with Gasteiger partial charge in [0.15, 0.2) is 0 Å². The minimum atomic E-state index is -0.845. The van der Waals surface area contributed by atoms with E-state index in [1.807, 2.05) is 31.2 Å². The maximum absolute atomic E-state index is 12.8. The van der Waals surface area contributed by atoms with Crippen LogP contribution in [0.3, 0.4) is 0 Å². The molecule has 4 rings (SSSR count). The average Bonchev–Trinajstić information content (AvgIpc) is 3.57. The van der Waals surface area contributed by atoms with E-state index in [-0.39, 0.29) is 30.9 Å². The summed E-state index contributed by atoms with van der Waals surface area (Å²) < 4.78 is 5.62. The summed E-state index contributed by atoms with van der Waals surface area (Å²) in [5.41, 5.74) is 4.60. The van der Waals surface area contributed by atoms with Gasteiger partial charge in [0.1, 0.15) is 12.6 Å². The maximum atomic E-state index is 12.8. The Morgan fingerprint density at radius 3 is 2.21 bits per heavy atom. The maximum Gasteiger partial charge on any atom is 0.407 e. The number of carbonyl (C=O) groups excluding carboxylic acids is 2. The highest BCUT2D eigenvalue weighted by Crippen LogP contribution is 2.44. The molecule has 0 aromatic heterocycles. The molecule has 2 aliphatic carbocycles. The van der Waals surface area contributed by atoms with Crippen molar-refractivity contribution in [3.63, 3.8) is 0 Å². The van der Waals surface area contributed by atoms with Crippen molar-refractivity contribution in [1.82, 2.24) is 10.6 Å². The SMILES string of the molecule is CC(CCCC(=O)O)NC(=O)[C@H](CC1CC1)NC(=O)OCC1c2ccccc2-c2ccccc21. The lowest BCUT2D eigenvalue weighted by molar-refractivity contribution is -0.137. The first-order valence-electron chi connectivity index (χ1n) is 12.1. The number of ether oxygens (including phenoxy) is 1.